The standard InChI is InChI=1S/C22H28N6O2S.C11H16ClN3O2S/c1-15(2)18(14-29)24-21-20-17(7-12-31(20)30)25-22(26-21)28-10-8-27(9-11-28)19-6-4-3-5-16(19)13-23;1-6(2)8(5-16)13-10-9-7(3-4-18(9)17)14-11(12)15-10/h3-6,15,18,29H,7-12,14H2,1-2H3,(H,24,25,26);6,8,16H,3-5H2,1-2H3,(H,13,14,15)/t18-,31?;8-,18?/m00/s1. The number of hydrogen-bond donors (Lipinski definition) is 4. The number of hydrogen-bond acceptors (Lipinski definition) is 13. The van der Waals surface area contributed by atoms with Gasteiger partial charge in [-0.15, -0.1) is 0 Å². The van der Waals surface area contributed by atoms with Gasteiger partial charge < -0.3 is 30.6 Å². The Hall–Kier alpha value is -3.42. The maximum absolute atomic E-state index is 12.6. The van der Waals surface area contributed by atoms with E-state index in [0.29, 0.717) is 57.3 Å². The van der Waals surface area contributed by atoms with Crippen LogP contribution in [0.15, 0.2) is 34.1 Å². The van der Waals surface area contributed by atoms with Gasteiger partial charge in [-0.25, -0.2) is 9.97 Å². The first-order chi connectivity index (χ1) is 23.5. The van der Waals surface area contributed by atoms with E-state index in [1.165, 1.54) is 0 Å². The zero-order chi connectivity index (χ0) is 35.2. The number of para-hydroxylation sites is 1. The molecule has 6 rings (SSSR count). The molecule has 0 saturated carbocycles. The Bertz CT molecular complexity index is 1730. The second-order valence-corrected chi connectivity index (χ2v) is 16.2. The van der Waals surface area contributed by atoms with Crippen molar-refractivity contribution in [1.29, 1.82) is 5.26 Å². The molecule has 3 aromatic rings. The normalized spacial score (nSPS) is 19.5. The minimum absolute atomic E-state index is 0.0132. The molecule has 1 aromatic carbocycles. The number of aliphatic hydroxyl groups excluding tert-OH is 2. The number of anilines is 4. The molecule has 0 amide bonds. The van der Waals surface area contributed by atoms with Gasteiger partial charge in [-0.1, -0.05) is 39.8 Å². The number of aromatic nitrogens is 4. The van der Waals surface area contributed by atoms with Crippen molar-refractivity contribution in [3.8, 4) is 6.07 Å². The van der Waals surface area contributed by atoms with Gasteiger partial charge in [0.15, 0.2) is 0 Å². The SMILES string of the molecule is CC(C)[C@H](CO)Nc1nc(Cl)nc2c1S(=O)CC2.CC(C)[C@H](CO)Nc1nc(N2CCN(c3ccccc3C#N)CC2)nc2c1S(=O)CC2. The summed E-state index contributed by atoms with van der Waals surface area (Å²) in [6.45, 7) is 11.0. The van der Waals surface area contributed by atoms with Crippen molar-refractivity contribution >= 4 is 56.5 Å². The van der Waals surface area contributed by atoms with Crippen molar-refractivity contribution in [2.24, 2.45) is 11.8 Å². The van der Waals surface area contributed by atoms with Crippen LogP contribution in [-0.2, 0) is 34.4 Å². The number of fused-ring (bicyclic) bond motifs is 2. The van der Waals surface area contributed by atoms with Crippen LogP contribution < -0.4 is 20.4 Å². The van der Waals surface area contributed by atoms with Crippen LogP contribution in [0.4, 0.5) is 23.3 Å². The minimum atomic E-state index is -1.12. The fraction of sp³-hybridized carbons (Fsp3) is 0.545. The first-order valence-corrected chi connectivity index (χ1v) is 19.5. The van der Waals surface area contributed by atoms with Gasteiger partial charge in [0.05, 0.1) is 69.5 Å². The van der Waals surface area contributed by atoms with E-state index in [9.17, 15) is 23.9 Å². The third kappa shape index (κ3) is 8.49. The number of aryl methyl sites for hydroxylation is 2. The molecule has 49 heavy (non-hydrogen) atoms. The Balaban J connectivity index is 0.000000221. The van der Waals surface area contributed by atoms with Crippen LogP contribution in [0.5, 0.6) is 0 Å². The molecule has 264 valence electrons. The van der Waals surface area contributed by atoms with Gasteiger partial charge in [-0.05, 0) is 35.6 Å². The average Bonchev–Trinajstić information content (AvgIpc) is 3.67. The van der Waals surface area contributed by atoms with Gasteiger partial charge in [0.2, 0.25) is 11.2 Å². The zero-order valence-electron chi connectivity index (χ0n) is 28.2. The Morgan fingerprint density at radius 3 is 1.86 bits per heavy atom. The molecule has 0 spiro atoms. The maximum Gasteiger partial charge on any atom is 0.227 e. The number of nitrogens with one attached hydrogen (secondary N) is 2. The third-order valence-corrected chi connectivity index (χ3v) is 12.0. The molecule has 1 saturated heterocycles. The van der Waals surface area contributed by atoms with Crippen molar-refractivity contribution in [1.82, 2.24) is 19.9 Å². The van der Waals surface area contributed by atoms with Crippen LogP contribution in [-0.4, -0.2) is 102 Å². The molecule has 5 heterocycles. The lowest BCUT2D eigenvalue weighted by molar-refractivity contribution is 0.248. The first-order valence-electron chi connectivity index (χ1n) is 16.5. The van der Waals surface area contributed by atoms with Crippen LogP contribution in [0.2, 0.25) is 5.28 Å². The van der Waals surface area contributed by atoms with Gasteiger partial charge in [0, 0.05) is 50.5 Å². The molecule has 4 N–H and O–H groups in total. The van der Waals surface area contributed by atoms with Crippen LogP contribution in [0.3, 0.4) is 0 Å². The first kappa shape index (κ1) is 36.9. The summed E-state index contributed by atoms with van der Waals surface area (Å²) in [5, 5.41) is 35.1. The number of rotatable bonds is 10. The van der Waals surface area contributed by atoms with E-state index < -0.39 is 21.6 Å². The van der Waals surface area contributed by atoms with E-state index in [1.807, 2.05) is 52.0 Å². The lowest BCUT2D eigenvalue weighted by Crippen LogP contribution is -2.47. The van der Waals surface area contributed by atoms with Gasteiger partial charge in [-0.2, -0.15) is 15.2 Å². The van der Waals surface area contributed by atoms with Gasteiger partial charge in [0.25, 0.3) is 0 Å². The summed E-state index contributed by atoms with van der Waals surface area (Å²) >= 11 is 5.86. The van der Waals surface area contributed by atoms with E-state index in [4.69, 9.17) is 21.6 Å². The summed E-state index contributed by atoms with van der Waals surface area (Å²) < 4.78 is 24.5. The number of piperazine rings is 1. The summed E-state index contributed by atoms with van der Waals surface area (Å²) in [7, 11) is -2.19. The molecule has 0 bridgehead atoms. The Morgan fingerprint density at radius 1 is 0.816 bits per heavy atom. The monoisotopic (exact) mass is 729 g/mol. The fourth-order valence-electron chi connectivity index (χ4n) is 5.88. The molecule has 3 aliphatic rings. The molecule has 16 heteroatoms. The van der Waals surface area contributed by atoms with Crippen molar-refractivity contribution < 1.29 is 18.6 Å². The molecule has 1 fully saturated rings. The Morgan fingerprint density at radius 2 is 1.33 bits per heavy atom. The number of benzene rings is 1. The minimum Gasteiger partial charge on any atom is -0.394 e. The lowest BCUT2D eigenvalue weighted by Gasteiger charge is -2.36. The molecule has 4 atom stereocenters. The summed E-state index contributed by atoms with van der Waals surface area (Å²) in [5.74, 6) is 3.27. The maximum atomic E-state index is 12.6. The molecule has 3 aliphatic heterocycles. The van der Waals surface area contributed by atoms with E-state index in [-0.39, 0.29) is 42.4 Å². The smallest absolute Gasteiger partial charge is 0.227 e. The van der Waals surface area contributed by atoms with E-state index >= 15 is 0 Å². The third-order valence-electron chi connectivity index (χ3n) is 8.91. The molecule has 13 nitrogen and oxygen atoms in total. The predicted octanol–water partition coefficient (Wildman–Crippen LogP) is 2.99. The van der Waals surface area contributed by atoms with E-state index in [2.05, 4.69) is 36.5 Å². The average molecular weight is 730 g/mol. The second kappa shape index (κ2) is 16.5. The molecule has 0 aliphatic carbocycles. The highest BCUT2D eigenvalue weighted by atomic mass is 35.5. The van der Waals surface area contributed by atoms with Crippen LogP contribution >= 0.6 is 11.6 Å². The van der Waals surface area contributed by atoms with Crippen molar-refractivity contribution in [2.75, 3.05) is 71.3 Å². The van der Waals surface area contributed by atoms with Crippen LogP contribution in [0.1, 0.15) is 44.6 Å². The fourth-order valence-corrected chi connectivity index (χ4v) is 8.69. The Labute approximate surface area is 297 Å². The van der Waals surface area contributed by atoms with Crippen LogP contribution in [0.25, 0.3) is 0 Å². The zero-order valence-corrected chi connectivity index (χ0v) is 30.6. The number of nitriles is 1. The number of halogens is 1. The van der Waals surface area contributed by atoms with E-state index in [0.717, 1.165) is 43.3 Å². The predicted molar refractivity (Wildman–Crippen MR) is 193 cm³/mol. The second-order valence-electron chi connectivity index (χ2n) is 12.8. The summed E-state index contributed by atoms with van der Waals surface area (Å²) in [6, 6.07) is 9.63. The largest absolute Gasteiger partial charge is 0.394 e. The highest BCUT2D eigenvalue weighted by Gasteiger charge is 2.30. The highest BCUT2D eigenvalue weighted by molar-refractivity contribution is 7.85. The number of aliphatic hydroxyl groups is 2. The molecular weight excluding hydrogens is 686 g/mol. The lowest BCUT2D eigenvalue weighted by atomic mass is 10.1. The molecule has 2 aromatic heterocycles. The summed E-state index contributed by atoms with van der Waals surface area (Å²) in [4.78, 5) is 23.4. The number of nitrogens with zero attached hydrogens (tertiary/aromatic N) is 7. The quantitative estimate of drug-likeness (QED) is 0.224. The molecule has 2 unspecified atom stereocenters. The summed E-state index contributed by atoms with van der Waals surface area (Å²) in [5.41, 5.74) is 3.22. The van der Waals surface area contributed by atoms with Crippen LogP contribution in [0, 0.1) is 23.2 Å². The molecule has 0 radical (unpaired) electrons. The highest BCUT2D eigenvalue weighted by Crippen LogP contribution is 2.32. The van der Waals surface area contributed by atoms with Crippen molar-refractivity contribution in [3.05, 3.63) is 46.5 Å². The van der Waals surface area contributed by atoms with E-state index in [1.54, 1.807) is 0 Å². The van der Waals surface area contributed by atoms with Gasteiger partial charge >= 0.3 is 0 Å². The topological polar surface area (TPSA) is 180 Å². The van der Waals surface area contributed by atoms with Gasteiger partial charge in [-0.3, -0.25) is 8.42 Å². The Kier molecular flexibility index (Phi) is 12.4. The van der Waals surface area contributed by atoms with Crippen molar-refractivity contribution in [2.45, 2.75) is 62.4 Å². The van der Waals surface area contributed by atoms with Crippen molar-refractivity contribution in [3.63, 3.8) is 0 Å². The van der Waals surface area contributed by atoms with Gasteiger partial charge in [0.1, 0.15) is 27.5 Å². The molecular formula is C33H44ClN9O4S2. The summed E-state index contributed by atoms with van der Waals surface area (Å²) in [6.07, 6.45) is 1.33.